The van der Waals surface area contributed by atoms with Gasteiger partial charge >= 0.3 is 0 Å². The molecule has 2 heteroatoms. The van der Waals surface area contributed by atoms with Crippen molar-refractivity contribution in [2.45, 2.75) is 284 Å². The fourth-order valence-electron chi connectivity index (χ4n) is 8.31. The van der Waals surface area contributed by atoms with Crippen LogP contribution in [0.2, 0.25) is 0 Å². The van der Waals surface area contributed by atoms with E-state index in [1.165, 1.54) is 270 Å². The van der Waals surface area contributed by atoms with Crippen LogP contribution in [0.4, 0.5) is 0 Å². The summed E-state index contributed by atoms with van der Waals surface area (Å²) < 4.78 is 0. The highest BCUT2D eigenvalue weighted by molar-refractivity contribution is 4.97. The maximum atomic E-state index is 2.74. The average Bonchev–Trinajstić information content (AvgIpc) is 3.51. The van der Waals surface area contributed by atoms with Crippen LogP contribution in [0.1, 0.15) is 278 Å². The highest BCUT2D eigenvalue weighted by Gasteiger charge is 2.24. The van der Waals surface area contributed by atoms with Crippen LogP contribution >= 0.6 is 0 Å². The summed E-state index contributed by atoms with van der Waals surface area (Å²) in [5.74, 6) is 0. The summed E-state index contributed by atoms with van der Waals surface area (Å²) in [5.41, 5.74) is 0. The molecule has 0 fully saturated rings. The Hall–Kier alpha value is -0.660. The van der Waals surface area contributed by atoms with Crippen LogP contribution < -0.4 is 0 Å². The minimum Gasteiger partial charge on any atom is -0.356 e. The van der Waals surface area contributed by atoms with Crippen molar-refractivity contribution in [2.75, 3.05) is 13.1 Å². The number of hydrogen-bond acceptors (Lipinski definition) is 2. The fourth-order valence-corrected chi connectivity index (χ4v) is 8.31. The zero-order chi connectivity index (χ0) is 35.8. The molecule has 0 amide bonds. The van der Waals surface area contributed by atoms with E-state index < -0.39 is 0 Å². The summed E-state index contributed by atoms with van der Waals surface area (Å²) in [5, 5.41) is 0. The van der Waals surface area contributed by atoms with E-state index in [4.69, 9.17) is 0 Å². The third kappa shape index (κ3) is 30.9. The molecule has 0 N–H and O–H groups in total. The summed E-state index contributed by atoms with van der Waals surface area (Å²) in [6.07, 6.45) is 63.4. The summed E-state index contributed by atoms with van der Waals surface area (Å²) in [6, 6.07) is 0. The minimum atomic E-state index is 0.636. The van der Waals surface area contributed by atoms with Gasteiger partial charge in [0.05, 0.1) is 0 Å². The van der Waals surface area contributed by atoms with Gasteiger partial charge in [0, 0.05) is 25.5 Å². The van der Waals surface area contributed by atoms with Crippen LogP contribution in [0.15, 0.2) is 12.4 Å². The van der Waals surface area contributed by atoms with Gasteiger partial charge in [0.2, 0.25) is 0 Å². The minimum absolute atomic E-state index is 0.636. The lowest BCUT2D eigenvalue weighted by atomic mass is 10.0. The molecule has 0 aromatic rings. The quantitative estimate of drug-likeness (QED) is 0.0585. The number of hydrogen-bond donors (Lipinski definition) is 0. The zero-order valence-corrected chi connectivity index (χ0v) is 35.3. The van der Waals surface area contributed by atoms with Gasteiger partial charge in [-0.15, -0.1) is 0 Å². The third-order valence-corrected chi connectivity index (χ3v) is 11.8. The Kier molecular flexibility index (Phi) is 37.5. The van der Waals surface area contributed by atoms with Crippen molar-refractivity contribution < 1.29 is 0 Å². The molecule has 1 aliphatic rings. The van der Waals surface area contributed by atoms with E-state index in [0.717, 1.165) is 0 Å². The van der Waals surface area contributed by atoms with Gasteiger partial charge in [0.1, 0.15) is 6.17 Å². The first-order chi connectivity index (χ1) is 24.8. The predicted octanol–water partition coefficient (Wildman–Crippen LogP) is 17.1. The van der Waals surface area contributed by atoms with Crippen molar-refractivity contribution in [3.63, 3.8) is 0 Å². The molecule has 0 aromatic carbocycles. The van der Waals surface area contributed by atoms with Crippen LogP contribution in [0.3, 0.4) is 0 Å². The molecule has 0 aromatic heterocycles. The van der Waals surface area contributed by atoms with E-state index >= 15 is 0 Å². The topological polar surface area (TPSA) is 6.48 Å². The van der Waals surface area contributed by atoms with Crippen LogP contribution in [0.5, 0.6) is 0 Å². The summed E-state index contributed by atoms with van der Waals surface area (Å²) in [6.45, 7) is 9.49. The summed E-state index contributed by atoms with van der Waals surface area (Å²) in [7, 11) is 0. The smallest absolute Gasteiger partial charge is 0.101 e. The Balaban J connectivity index is 2.20. The SMILES string of the molecule is CCCCCCCCCCCCCCCCC1N(CCCCCCCCCCCCC)C=CN1CCCCCCCCCCCCCCCC. The molecule has 298 valence electrons. The number of unbranched alkanes of at least 4 members (excludes halogenated alkanes) is 36. The van der Waals surface area contributed by atoms with Crippen molar-refractivity contribution in [2.24, 2.45) is 0 Å². The van der Waals surface area contributed by atoms with Gasteiger partial charge in [-0.3, -0.25) is 0 Å². The van der Waals surface area contributed by atoms with Crippen molar-refractivity contribution in [3.8, 4) is 0 Å². The van der Waals surface area contributed by atoms with Gasteiger partial charge in [-0.05, 0) is 25.7 Å². The largest absolute Gasteiger partial charge is 0.356 e. The Bertz CT molecular complexity index is 659. The molecule has 0 aliphatic carbocycles. The van der Waals surface area contributed by atoms with Gasteiger partial charge in [-0.1, -0.05) is 252 Å². The molecule has 50 heavy (non-hydrogen) atoms. The molecule has 1 rings (SSSR count). The van der Waals surface area contributed by atoms with Crippen molar-refractivity contribution in [3.05, 3.63) is 12.4 Å². The summed E-state index contributed by atoms with van der Waals surface area (Å²) >= 11 is 0. The molecule has 0 spiro atoms. The molecule has 1 heterocycles. The van der Waals surface area contributed by atoms with Gasteiger partial charge in [-0.25, -0.2) is 0 Å². The Morgan fingerprint density at radius 1 is 0.260 bits per heavy atom. The second kappa shape index (κ2) is 39.5. The molecule has 1 unspecified atom stereocenters. The molecule has 0 saturated carbocycles. The van der Waals surface area contributed by atoms with Gasteiger partial charge in [-0.2, -0.15) is 0 Å². The number of nitrogens with zero attached hydrogens (tertiary/aromatic N) is 2. The normalized spacial score (nSPS) is 14.5. The Morgan fingerprint density at radius 2 is 0.460 bits per heavy atom. The number of rotatable bonds is 42. The fraction of sp³-hybridized carbons (Fsp3) is 0.958. The maximum absolute atomic E-state index is 2.74. The van der Waals surface area contributed by atoms with Crippen molar-refractivity contribution in [1.82, 2.24) is 9.80 Å². The molecular formula is C48H96N2. The van der Waals surface area contributed by atoms with Crippen LogP contribution in [0.25, 0.3) is 0 Å². The molecular weight excluding hydrogens is 605 g/mol. The lowest BCUT2D eigenvalue weighted by Gasteiger charge is -2.33. The third-order valence-electron chi connectivity index (χ3n) is 11.8. The lowest BCUT2D eigenvalue weighted by Crippen LogP contribution is -2.39. The first-order valence-electron chi connectivity index (χ1n) is 24.0. The molecule has 1 atom stereocenters. The standard InChI is InChI=1S/C48H96N2/c1-4-7-10-13-16-19-22-24-26-28-31-34-37-40-43-48-49(44-41-38-35-32-29-21-18-15-12-9-6-3)46-47-50(48)45-42-39-36-33-30-27-25-23-20-17-14-11-8-5-2/h46-48H,4-45H2,1-3H3. The van der Waals surface area contributed by atoms with Crippen molar-refractivity contribution >= 4 is 0 Å². The van der Waals surface area contributed by atoms with Crippen LogP contribution in [-0.2, 0) is 0 Å². The summed E-state index contributed by atoms with van der Waals surface area (Å²) in [4.78, 5) is 5.47. The molecule has 0 radical (unpaired) electrons. The zero-order valence-electron chi connectivity index (χ0n) is 35.3. The second-order valence-electron chi connectivity index (χ2n) is 16.8. The predicted molar refractivity (Wildman–Crippen MR) is 228 cm³/mol. The monoisotopic (exact) mass is 701 g/mol. The Morgan fingerprint density at radius 3 is 0.700 bits per heavy atom. The van der Waals surface area contributed by atoms with E-state index in [9.17, 15) is 0 Å². The van der Waals surface area contributed by atoms with Gasteiger partial charge in [0.25, 0.3) is 0 Å². The Labute approximate surface area is 318 Å². The van der Waals surface area contributed by atoms with Gasteiger partial charge in [0.15, 0.2) is 0 Å². The van der Waals surface area contributed by atoms with Crippen molar-refractivity contribution in [1.29, 1.82) is 0 Å². The van der Waals surface area contributed by atoms with E-state index in [0.29, 0.717) is 6.17 Å². The van der Waals surface area contributed by atoms with E-state index in [1.54, 1.807) is 0 Å². The molecule has 1 aliphatic heterocycles. The lowest BCUT2D eigenvalue weighted by molar-refractivity contribution is 0.135. The van der Waals surface area contributed by atoms with Gasteiger partial charge < -0.3 is 9.80 Å². The molecule has 0 bridgehead atoms. The second-order valence-corrected chi connectivity index (χ2v) is 16.8. The van der Waals surface area contributed by atoms with E-state index in [-0.39, 0.29) is 0 Å². The first kappa shape index (κ1) is 47.4. The molecule has 2 nitrogen and oxygen atoms in total. The van der Waals surface area contributed by atoms with E-state index in [1.807, 2.05) is 0 Å². The maximum Gasteiger partial charge on any atom is 0.101 e. The average molecular weight is 701 g/mol. The van der Waals surface area contributed by atoms with Crippen LogP contribution in [0, 0.1) is 0 Å². The van der Waals surface area contributed by atoms with Crippen LogP contribution in [-0.4, -0.2) is 29.1 Å². The highest BCUT2D eigenvalue weighted by Crippen LogP contribution is 2.24. The van der Waals surface area contributed by atoms with E-state index in [2.05, 4.69) is 43.0 Å². The first-order valence-corrected chi connectivity index (χ1v) is 24.0. The highest BCUT2D eigenvalue weighted by atomic mass is 15.4. The molecule has 0 saturated heterocycles.